The second-order valence-electron chi connectivity index (χ2n) is 10.4. The molecular formula is C26H40N4O3. The number of rotatable bonds is 6. The molecule has 0 aromatic heterocycles. The molecule has 1 aromatic carbocycles. The van der Waals surface area contributed by atoms with Crippen molar-refractivity contribution in [2.75, 3.05) is 64.6 Å². The van der Waals surface area contributed by atoms with E-state index in [1.54, 1.807) is 0 Å². The molecule has 182 valence electrons. The summed E-state index contributed by atoms with van der Waals surface area (Å²) in [5.74, 6) is 3.13. The third kappa shape index (κ3) is 5.57. The maximum atomic E-state index is 12.6. The van der Waals surface area contributed by atoms with E-state index < -0.39 is 0 Å². The number of nitrogens with zero attached hydrogens (tertiary/aromatic N) is 3. The van der Waals surface area contributed by atoms with Gasteiger partial charge in [-0.15, -0.1) is 0 Å². The molecule has 1 saturated carbocycles. The number of hydrogen-bond donors (Lipinski definition) is 1. The molecule has 0 spiro atoms. The number of piperidine rings is 1. The minimum atomic E-state index is 0.230. The summed E-state index contributed by atoms with van der Waals surface area (Å²) in [6.07, 6.45) is 8.12. The highest BCUT2D eigenvalue weighted by atomic mass is 16.7. The van der Waals surface area contributed by atoms with Crippen molar-refractivity contribution in [2.45, 2.75) is 51.0 Å². The van der Waals surface area contributed by atoms with Gasteiger partial charge in [-0.2, -0.15) is 0 Å². The lowest BCUT2D eigenvalue weighted by molar-refractivity contribution is -0.127. The van der Waals surface area contributed by atoms with Crippen LogP contribution in [0.15, 0.2) is 18.2 Å². The van der Waals surface area contributed by atoms with Gasteiger partial charge in [-0.05, 0) is 89.7 Å². The van der Waals surface area contributed by atoms with Crippen molar-refractivity contribution in [1.29, 1.82) is 0 Å². The van der Waals surface area contributed by atoms with Gasteiger partial charge in [-0.3, -0.25) is 9.69 Å². The van der Waals surface area contributed by atoms with Crippen LogP contribution in [0.25, 0.3) is 0 Å². The lowest BCUT2D eigenvalue weighted by atomic mass is 9.83. The summed E-state index contributed by atoms with van der Waals surface area (Å²) in [6, 6.07) is 6.59. The molecule has 1 aliphatic carbocycles. The van der Waals surface area contributed by atoms with Crippen LogP contribution in [0.1, 0.15) is 44.9 Å². The Bertz CT molecular complexity index is 795. The van der Waals surface area contributed by atoms with Crippen LogP contribution in [0, 0.1) is 11.8 Å². The molecule has 1 aromatic rings. The van der Waals surface area contributed by atoms with Gasteiger partial charge >= 0.3 is 0 Å². The summed E-state index contributed by atoms with van der Waals surface area (Å²) in [5.41, 5.74) is 1.17. The number of likely N-dealkylation sites (tertiary alicyclic amines) is 1. The number of nitrogens with one attached hydrogen (secondary N) is 1. The largest absolute Gasteiger partial charge is 0.454 e. The van der Waals surface area contributed by atoms with E-state index in [0.717, 1.165) is 82.4 Å². The molecule has 0 radical (unpaired) electrons. The zero-order chi connectivity index (χ0) is 22.6. The van der Waals surface area contributed by atoms with Gasteiger partial charge in [0.1, 0.15) is 0 Å². The average molecular weight is 457 g/mol. The number of hydrogen-bond acceptors (Lipinski definition) is 6. The second kappa shape index (κ2) is 10.5. The van der Waals surface area contributed by atoms with Crippen LogP contribution in [-0.4, -0.2) is 81.4 Å². The maximum absolute atomic E-state index is 12.6. The number of benzene rings is 1. The lowest BCUT2D eigenvalue weighted by Crippen LogP contribution is -2.47. The third-order valence-corrected chi connectivity index (χ3v) is 8.22. The predicted octanol–water partition coefficient (Wildman–Crippen LogP) is 2.94. The van der Waals surface area contributed by atoms with E-state index in [4.69, 9.17) is 9.47 Å². The van der Waals surface area contributed by atoms with Gasteiger partial charge in [0, 0.05) is 38.1 Å². The number of anilines is 1. The highest BCUT2D eigenvalue weighted by Gasteiger charge is 2.28. The Kier molecular flexibility index (Phi) is 7.26. The van der Waals surface area contributed by atoms with Gasteiger partial charge < -0.3 is 24.6 Å². The molecule has 0 atom stereocenters. The number of para-hydroxylation sites is 1. The van der Waals surface area contributed by atoms with Crippen molar-refractivity contribution in [2.24, 2.45) is 11.8 Å². The maximum Gasteiger partial charge on any atom is 0.231 e. The first-order valence-corrected chi connectivity index (χ1v) is 13.0. The number of piperazine rings is 1. The molecule has 5 rings (SSSR count). The van der Waals surface area contributed by atoms with Gasteiger partial charge in [0.2, 0.25) is 12.7 Å². The normalized spacial score (nSPS) is 27.0. The molecular weight excluding hydrogens is 416 g/mol. The second-order valence-corrected chi connectivity index (χ2v) is 10.4. The molecule has 7 heteroatoms. The van der Waals surface area contributed by atoms with Gasteiger partial charge in [0.05, 0.1) is 5.69 Å². The Hall–Kier alpha value is -1.99. The Morgan fingerprint density at radius 3 is 2.48 bits per heavy atom. The van der Waals surface area contributed by atoms with Crippen molar-refractivity contribution in [1.82, 2.24) is 15.1 Å². The van der Waals surface area contributed by atoms with E-state index in [1.165, 1.54) is 31.5 Å². The fourth-order valence-electron chi connectivity index (χ4n) is 5.93. The molecule has 7 nitrogen and oxygen atoms in total. The van der Waals surface area contributed by atoms with Crippen molar-refractivity contribution >= 4 is 11.6 Å². The molecule has 0 bridgehead atoms. The zero-order valence-corrected chi connectivity index (χ0v) is 20.1. The molecule has 0 unspecified atom stereocenters. The molecule has 3 heterocycles. The van der Waals surface area contributed by atoms with Gasteiger partial charge in [-0.25, -0.2) is 0 Å². The summed E-state index contributed by atoms with van der Waals surface area (Å²) in [5, 5.41) is 3.38. The molecule has 33 heavy (non-hydrogen) atoms. The van der Waals surface area contributed by atoms with E-state index in [9.17, 15) is 4.79 Å². The Balaban J connectivity index is 0.993. The quantitative estimate of drug-likeness (QED) is 0.710. The van der Waals surface area contributed by atoms with Gasteiger partial charge in [0.15, 0.2) is 11.5 Å². The first kappa shape index (κ1) is 22.8. The monoisotopic (exact) mass is 456 g/mol. The van der Waals surface area contributed by atoms with E-state index in [0.29, 0.717) is 18.7 Å². The molecule has 2 saturated heterocycles. The topological polar surface area (TPSA) is 57.3 Å². The summed E-state index contributed by atoms with van der Waals surface area (Å²) in [4.78, 5) is 20.0. The molecule has 1 amide bonds. The lowest BCUT2D eigenvalue weighted by Gasteiger charge is -2.37. The summed E-state index contributed by atoms with van der Waals surface area (Å²) in [6.45, 7) is 7.90. The minimum Gasteiger partial charge on any atom is -0.454 e. The predicted molar refractivity (Wildman–Crippen MR) is 130 cm³/mol. The van der Waals surface area contributed by atoms with Crippen LogP contribution < -0.4 is 19.7 Å². The summed E-state index contributed by atoms with van der Waals surface area (Å²) >= 11 is 0. The molecule has 4 aliphatic rings. The minimum absolute atomic E-state index is 0.230. The molecule has 1 N–H and O–H groups in total. The standard InChI is InChI=1S/C26H40N4O3/c1-28-12-10-21(11-13-28)26(31)27-22-7-5-20(6-8-22)9-14-29-15-17-30(18-16-29)23-3-2-4-24-25(23)33-19-32-24/h2-4,20-22H,5-19H2,1H3,(H,27,31). The van der Waals surface area contributed by atoms with Crippen molar-refractivity contribution in [3.05, 3.63) is 18.2 Å². The summed E-state index contributed by atoms with van der Waals surface area (Å²) in [7, 11) is 2.15. The van der Waals surface area contributed by atoms with E-state index in [-0.39, 0.29) is 5.92 Å². The zero-order valence-electron chi connectivity index (χ0n) is 20.1. The van der Waals surface area contributed by atoms with Crippen LogP contribution in [0.3, 0.4) is 0 Å². The van der Waals surface area contributed by atoms with Crippen LogP contribution in [0.2, 0.25) is 0 Å². The van der Waals surface area contributed by atoms with Crippen molar-refractivity contribution in [3.63, 3.8) is 0 Å². The fraction of sp³-hybridized carbons (Fsp3) is 0.731. The Labute approximate surface area is 198 Å². The van der Waals surface area contributed by atoms with Crippen molar-refractivity contribution in [3.8, 4) is 11.5 Å². The van der Waals surface area contributed by atoms with E-state index in [2.05, 4.69) is 39.2 Å². The number of carbonyl (C=O) groups is 1. The van der Waals surface area contributed by atoms with Crippen LogP contribution >= 0.6 is 0 Å². The SMILES string of the molecule is CN1CCC(C(=O)NC2CCC(CCN3CCN(c4cccc5c4OCO5)CC3)CC2)CC1. The van der Waals surface area contributed by atoms with Crippen LogP contribution in [0.5, 0.6) is 11.5 Å². The number of amides is 1. The highest BCUT2D eigenvalue weighted by Crippen LogP contribution is 2.41. The number of fused-ring (bicyclic) bond motifs is 1. The van der Waals surface area contributed by atoms with E-state index >= 15 is 0 Å². The summed E-state index contributed by atoms with van der Waals surface area (Å²) < 4.78 is 11.2. The van der Waals surface area contributed by atoms with Gasteiger partial charge in [0.25, 0.3) is 0 Å². The smallest absolute Gasteiger partial charge is 0.231 e. The van der Waals surface area contributed by atoms with E-state index in [1.807, 2.05) is 6.07 Å². The van der Waals surface area contributed by atoms with Crippen LogP contribution in [0.4, 0.5) is 5.69 Å². The van der Waals surface area contributed by atoms with Crippen LogP contribution in [-0.2, 0) is 4.79 Å². The number of ether oxygens (including phenoxy) is 2. The average Bonchev–Trinajstić information content (AvgIpc) is 3.34. The number of carbonyl (C=O) groups excluding carboxylic acids is 1. The fourth-order valence-corrected chi connectivity index (χ4v) is 5.93. The Morgan fingerprint density at radius 2 is 1.73 bits per heavy atom. The first-order chi connectivity index (χ1) is 16.2. The third-order valence-electron chi connectivity index (χ3n) is 8.22. The van der Waals surface area contributed by atoms with Gasteiger partial charge in [-0.1, -0.05) is 6.07 Å². The van der Waals surface area contributed by atoms with Crippen molar-refractivity contribution < 1.29 is 14.3 Å². The molecule has 3 fully saturated rings. The Morgan fingerprint density at radius 1 is 0.970 bits per heavy atom. The first-order valence-electron chi connectivity index (χ1n) is 13.0. The molecule has 3 aliphatic heterocycles. The highest BCUT2D eigenvalue weighted by molar-refractivity contribution is 5.79.